The van der Waals surface area contributed by atoms with Crippen molar-refractivity contribution >= 4 is 11.9 Å². The summed E-state index contributed by atoms with van der Waals surface area (Å²) in [6, 6.07) is 16.6. The summed E-state index contributed by atoms with van der Waals surface area (Å²) in [5, 5.41) is 0. The van der Waals surface area contributed by atoms with Crippen LogP contribution in [0, 0.1) is 12.7 Å². The van der Waals surface area contributed by atoms with E-state index in [4.69, 9.17) is 14.7 Å². The van der Waals surface area contributed by atoms with Gasteiger partial charge < -0.3 is 14.5 Å². The molecule has 2 fully saturated rings. The summed E-state index contributed by atoms with van der Waals surface area (Å²) in [5.41, 5.74) is 2.67. The number of aromatic nitrogens is 2. The molecule has 7 heteroatoms. The van der Waals surface area contributed by atoms with E-state index in [0.29, 0.717) is 61.3 Å². The first-order chi connectivity index (χ1) is 16.1. The fourth-order valence-electron chi connectivity index (χ4n) is 4.24. The third-order valence-electron chi connectivity index (χ3n) is 6.16. The smallest absolute Gasteiger partial charge is 0.258 e. The molecule has 3 aromatic rings. The van der Waals surface area contributed by atoms with E-state index in [0.717, 1.165) is 18.4 Å². The van der Waals surface area contributed by atoms with E-state index in [9.17, 15) is 9.18 Å². The Balaban J connectivity index is 1.59. The third kappa shape index (κ3) is 4.59. The van der Waals surface area contributed by atoms with Crippen molar-refractivity contribution in [3.63, 3.8) is 0 Å². The molecule has 5 rings (SSSR count). The van der Waals surface area contributed by atoms with Gasteiger partial charge in [0.2, 0.25) is 5.95 Å². The first-order valence-corrected chi connectivity index (χ1v) is 11.4. The van der Waals surface area contributed by atoms with Gasteiger partial charge in [0.25, 0.3) is 5.91 Å². The normalized spacial score (nSPS) is 16.0. The third-order valence-corrected chi connectivity index (χ3v) is 6.16. The lowest BCUT2D eigenvalue weighted by atomic mass is 10.0. The van der Waals surface area contributed by atoms with Crippen LogP contribution in [0.4, 0.5) is 10.3 Å². The SMILES string of the molecule is Cc1nc(N2CCOCC2)nc(-c2ccccc2F)c1C(=O)N(Cc1ccccc1)C1CC1. The van der Waals surface area contributed by atoms with Crippen molar-refractivity contribution in [3.8, 4) is 11.3 Å². The van der Waals surface area contributed by atoms with Crippen LogP contribution in [-0.2, 0) is 11.3 Å². The van der Waals surface area contributed by atoms with E-state index >= 15 is 0 Å². The first-order valence-electron chi connectivity index (χ1n) is 11.4. The van der Waals surface area contributed by atoms with Gasteiger partial charge in [0.15, 0.2) is 0 Å². The Morgan fingerprint density at radius 1 is 1.06 bits per heavy atom. The largest absolute Gasteiger partial charge is 0.378 e. The van der Waals surface area contributed by atoms with Crippen molar-refractivity contribution in [1.29, 1.82) is 0 Å². The number of carbonyl (C=O) groups excluding carboxylic acids is 1. The second-order valence-electron chi connectivity index (χ2n) is 8.56. The highest BCUT2D eigenvalue weighted by molar-refractivity contribution is 6.01. The van der Waals surface area contributed by atoms with Crippen LogP contribution in [0.15, 0.2) is 54.6 Å². The predicted molar refractivity (Wildman–Crippen MR) is 125 cm³/mol. The Kier molecular flexibility index (Phi) is 6.05. The quantitative estimate of drug-likeness (QED) is 0.567. The van der Waals surface area contributed by atoms with Gasteiger partial charge in [0, 0.05) is 31.2 Å². The average molecular weight is 447 g/mol. The number of nitrogens with zero attached hydrogens (tertiary/aromatic N) is 4. The molecule has 0 unspecified atom stereocenters. The summed E-state index contributed by atoms with van der Waals surface area (Å²) in [6.07, 6.45) is 1.94. The molecule has 2 aromatic carbocycles. The number of aryl methyl sites for hydroxylation is 1. The first kappa shape index (κ1) is 21.5. The Hall–Kier alpha value is -3.32. The number of rotatable bonds is 6. The Morgan fingerprint density at radius 3 is 2.45 bits per heavy atom. The van der Waals surface area contributed by atoms with Crippen molar-refractivity contribution in [2.24, 2.45) is 0 Å². The number of carbonyl (C=O) groups is 1. The molecule has 1 saturated carbocycles. The molecule has 0 radical (unpaired) electrons. The molecule has 2 aliphatic rings. The van der Waals surface area contributed by atoms with Crippen LogP contribution in [-0.4, -0.2) is 53.1 Å². The molecule has 0 spiro atoms. The lowest BCUT2D eigenvalue weighted by Crippen LogP contribution is -2.38. The van der Waals surface area contributed by atoms with Crippen LogP contribution in [0.3, 0.4) is 0 Å². The molecule has 2 heterocycles. The van der Waals surface area contributed by atoms with Crippen LogP contribution < -0.4 is 4.90 Å². The van der Waals surface area contributed by atoms with Crippen LogP contribution in [0.25, 0.3) is 11.3 Å². The fourth-order valence-corrected chi connectivity index (χ4v) is 4.24. The van der Waals surface area contributed by atoms with Crippen molar-refractivity contribution < 1.29 is 13.9 Å². The number of ether oxygens (including phenoxy) is 1. The number of hydrogen-bond donors (Lipinski definition) is 0. The van der Waals surface area contributed by atoms with Crippen LogP contribution in [0.2, 0.25) is 0 Å². The standard InChI is InChI=1S/C26H27FN4O2/c1-18-23(25(32)31(20-11-12-20)17-19-7-3-2-4-8-19)24(21-9-5-6-10-22(21)27)29-26(28-18)30-13-15-33-16-14-30/h2-10,20H,11-17H2,1H3. The fraction of sp³-hybridized carbons (Fsp3) is 0.346. The number of amides is 1. The molecule has 33 heavy (non-hydrogen) atoms. The summed E-state index contributed by atoms with van der Waals surface area (Å²) < 4.78 is 20.4. The molecule has 6 nitrogen and oxygen atoms in total. The molecular formula is C26H27FN4O2. The molecular weight excluding hydrogens is 419 g/mol. The maximum atomic E-state index is 14.9. The van der Waals surface area contributed by atoms with Gasteiger partial charge in [0.1, 0.15) is 5.82 Å². The van der Waals surface area contributed by atoms with Gasteiger partial charge in [0.05, 0.1) is 30.2 Å². The molecule has 1 saturated heterocycles. The van der Waals surface area contributed by atoms with E-state index < -0.39 is 5.82 Å². The number of benzene rings is 2. The molecule has 0 atom stereocenters. The van der Waals surface area contributed by atoms with Gasteiger partial charge in [-0.3, -0.25) is 4.79 Å². The minimum Gasteiger partial charge on any atom is -0.378 e. The van der Waals surface area contributed by atoms with Crippen LogP contribution in [0.5, 0.6) is 0 Å². The zero-order valence-corrected chi connectivity index (χ0v) is 18.7. The zero-order valence-electron chi connectivity index (χ0n) is 18.7. The number of anilines is 1. The Morgan fingerprint density at radius 2 is 1.76 bits per heavy atom. The minimum absolute atomic E-state index is 0.148. The Labute approximate surface area is 193 Å². The summed E-state index contributed by atoms with van der Waals surface area (Å²) in [4.78, 5) is 27.3. The molecule has 1 amide bonds. The average Bonchev–Trinajstić information content (AvgIpc) is 3.68. The molecule has 0 N–H and O–H groups in total. The van der Waals surface area contributed by atoms with E-state index in [-0.39, 0.29) is 11.9 Å². The highest BCUT2D eigenvalue weighted by atomic mass is 19.1. The van der Waals surface area contributed by atoms with E-state index in [2.05, 4.69) is 0 Å². The summed E-state index contributed by atoms with van der Waals surface area (Å²) in [6.45, 7) is 4.81. The van der Waals surface area contributed by atoms with E-state index in [1.807, 2.05) is 47.1 Å². The lowest BCUT2D eigenvalue weighted by Gasteiger charge is -2.29. The maximum Gasteiger partial charge on any atom is 0.258 e. The molecule has 0 bridgehead atoms. The van der Waals surface area contributed by atoms with Crippen LogP contribution >= 0.6 is 0 Å². The second-order valence-corrected chi connectivity index (χ2v) is 8.56. The monoisotopic (exact) mass is 446 g/mol. The zero-order chi connectivity index (χ0) is 22.8. The minimum atomic E-state index is -0.404. The lowest BCUT2D eigenvalue weighted by molar-refractivity contribution is 0.0729. The van der Waals surface area contributed by atoms with Gasteiger partial charge >= 0.3 is 0 Å². The Bertz CT molecular complexity index is 1140. The van der Waals surface area contributed by atoms with E-state index in [1.165, 1.54) is 6.07 Å². The molecule has 1 aromatic heterocycles. The predicted octanol–water partition coefficient (Wildman–Crippen LogP) is 4.23. The van der Waals surface area contributed by atoms with E-state index in [1.54, 1.807) is 18.2 Å². The van der Waals surface area contributed by atoms with Crippen molar-refractivity contribution in [3.05, 3.63) is 77.2 Å². The highest BCUT2D eigenvalue weighted by Gasteiger charge is 2.36. The van der Waals surface area contributed by atoms with Gasteiger partial charge in [-0.1, -0.05) is 42.5 Å². The summed E-state index contributed by atoms with van der Waals surface area (Å²) >= 11 is 0. The number of hydrogen-bond acceptors (Lipinski definition) is 5. The van der Waals surface area contributed by atoms with Crippen molar-refractivity contribution in [2.75, 3.05) is 31.2 Å². The topological polar surface area (TPSA) is 58.6 Å². The molecule has 1 aliphatic carbocycles. The van der Waals surface area contributed by atoms with Crippen molar-refractivity contribution in [2.45, 2.75) is 32.4 Å². The van der Waals surface area contributed by atoms with Gasteiger partial charge in [-0.15, -0.1) is 0 Å². The molecule has 170 valence electrons. The maximum absolute atomic E-state index is 14.9. The highest BCUT2D eigenvalue weighted by Crippen LogP contribution is 2.34. The second kappa shape index (κ2) is 9.27. The van der Waals surface area contributed by atoms with Gasteiger partial charge in [-0.25, -0.2) is 14.4 Å². The number of morpholine rings is 1. The van der Waals surface area contributed by atoms with Crippen LogP contribution in [0.1, 0.15) is 34.5 Å². The summed E-state index contributed by atoms with van der Waals surface area (Å²) in [7, 11) is 0. The molecule has 1 aliphatic heterocycles. The van der Waals surface area contributed by atoms with Crippen molar-refractivity contribution in [1.82, 2.24) is 14.9 Å². The van der Waals surface area contributed by atoms with Gasteiger partial charge in [-0.2, -0.15) is 0 Å². The number of halogens is 1. The summed E-state index contributed by atoms with van der Waals surface area (Å²) in [5.74, 6) is -0.0455. The van der Waals surface area contributed by atoms with Gasteiger partial charge in [-0.05, 0) is 37.5 Å².